The van der Waals surface area contributed by atoms with Gasteiger partial charge in [-0.3, -0.25) is 4.79 Å². The Bertz CT molecular complexity index is 728. The summed E-state index contributed by atoms with van der Waals surface area (Å²) >= 11 is 0. The summed E-state index contributed by atoms with van der Waals surface area (Å²) in [5, 5.41) is 9.83. The maximum Gasteiger partial charge on any atom is 0.191 e. The van der Waals surface area contributed by atoms with Crippen LogP contribution in [0.4, 0.5) is 0 Å². The van der Waals surface area contributed by atoms with Crippen molar-refractivity contribution in [2.75, 3.05) is 0 Å². The predicted octanol–water partition coefficient (Wildman–Crippen LogP) is 3.00. The third-order valence-corrected chi connectivity index (χ3v) is 4.65. The van der Waals surface area contributed by atoms with Gasteiger partial charge >= 0.3 is 0 Å². The molecule has 0 saturated carbocycles. The van der Waals surface area contributed by atoms with Gasteiger partial charge in [0, 0.05) is 18.8 Å². The van der Waals surface area contributed by atoms with Gasteiger partial charge in [-0.25, -0.2) is 0 Å². The van der Waals surface area contributed by atoms with Crippen molar-refractivity contribution < 1.29 is 14.3 Å². The Morgan fingerprint density at radius 2 is 2.23 bits per heavy atom. The molecule has 1 aliphatic heterocycles. The predicted molar refractivity (Wildman–Crippen MR) is 80.5 cm³/mol. The molecule has 3 atom stereocenters. The first-order valence-corrected chi connectivity index (χ1v) is 7.37. The molecule has 0 bridgehead atoms. The standard InChI is InChI=1S/C18H17NO3/c1-11-3-4-15-14(8-11)17(21)18(10-19)13(5-6-20)7-12(2)9-16(18)22-15/h3-4,6-8,13,16H,5,9H2,1-2H3/t13-,16-,18+/m0/s1. The van der Waals surface area contributed by atoms with E-state index in [-0.39, 0.29) is 12.2 Å². The first-order chi connectivity index (χ1) is 10.5. The van der Waals surface area contributed by atoms with Crippen molar-refractivity contribution in [3.8, 4) is 11.8 Å². The van der Waals surface area contributed by atoms with E-state index < -0.39 is 17.4 Å². The Balaban J connectivity index is 2.19. The highest BCUT2D eigenvalue weighted by atomic mass is 16.5. The van der Waals surface area contributed by atoms with E-state index in [9.17, 15) is 14.9 Å². The van der Waals surface area contributed by atoms with E-state index in [1.54, 1.807) is 12.1 Å². The van der Waals surface area contributed by atoms with Gasteiger partial charge in [0.1, 0.15) is 18.1 Å². The number of Topliss-reactive ketones (excluding diaryl/α,β-unsaturated/α-hetero) is 1. The quantitative estimate of drug-likeness (QED) is 0.621. The summed E-state index contributed by atoms with van der Waals surface area (Å²) in [4.78, 5) is 24.1. The van der Waals surface area contributed by atoms with Crippen molar-refractivity contribution >= 4 is 12.1 Å². The highest BCUT2D eigenvalue weighted by Gasteiger charge is 2.57. The molecule has 0 radical (unpaired) electrons. The lowest BCUT2D eigenvalue weighted by atomic mass is 9.61. The van der Waals surface area contributed by atoms with E-state index >= 15 is 0 Å². The van der Waals surface area contributed by atoms with Crippen LogP contribution in [0, 0.1) is 29.6 Å². The number of fused-ring (bicyclic) bond motifs is 2. The Morgan fingerprint density at radius 3 is 2.91 bits per heavy atom. The van der Waals surface area contributed by atoms with Gasteiger partial charge in [0.2, 0.25) is 0 Å². The molecule has 1 heterocycles. The van der Waals surface area contributed by atoms with Gasteiger partial charge in [-0.15, -0.1) is 0 Å². The summed E-state index contributed by atoms with van der Waals surface area (Å²) in [6.07, 6.45) is 2.81. The van der Waals surface area contributed by atoms with E-state index in [2.05, 4.69) is 6.07 Å². The minimum Gasteiger partial charge on any atom is -0.487 e. The molecule has 0 spiro atoms. The van der Waals surface area contributed by atoms with E-state index in [0.717, 1.165) is 17.4 Å². The molecule has 0 aromatic heterocycles. The molecular weight excluding hydrogens is 278 g/mol. The maximum atomic E-state index is 13.1. The number of ketones is 1. The number of aldehydes is 1. The van der Waals surface area contributed by atoms with Crippen LogP contribution in [0.5, 0.6) is 5.75 Å². The second kappa shape index (κ2) is 5.10. The third kappa shape index (κ3) is 1.89. The van der Waals surface area contributed by atoms with Crippen molar-refractivity contribution in [3.05, 3.63) is 41.0 Å². The zero-order valence-electron chi connectivity index (χ0n) is 12.6. The van der Waals surface area contributed by atoms with Crippen LogP contribution in [0.2, 0.25) is 0 Å². The van der Waals surface area contributed by atoms with Crippen molar-refractivity contribution in [1.82, 2.24) is 0 Å². The van der Waals surface area contributed by atoms with Crippen LogP contribution in [0.25, 0.3) is 0 Å². The fourth-order valence-electron chi connectivity index (χ4n) is 3.55. The fourth-order valence-corrected chi connectivity index (χ4v) is 3.55. The van der Waals surface area contributed by atoms with Crippen molar-refractivity contribution in [2.45, 2.75) is 32.8 Å². The molecule has 1 aromatic carbocycles. The van der Waals surface area contributed by atoms with Gasteiger partial charge in [-0.1, -0.05) is 23.3 Å². The summed E-state index contributed by atoms with van der Waals surface area (Å²) in [7, 11) is 0. The topological polar surface area (TPSA) is 67.2 Å². The molecule has 22 heavy (non-hydrogen) atoms. The van der Waals surface area contributed by atoms with E-state index in [4.69, 9.17) is 4.74 Å². The Morgan fingerprint density at radius 1 is 1.45 bits per heavy atom. The highest BCUT2D eigenvalue weighted by Crippen LogP contribution is 2.49. The van der Waals surface area contributed by atoms with Crippen LogP contribution in [-0.2, 0) is 4.79 Å². The number of hydrogen-bond acceptors (Lipinski definition) is 4. The Hall–Kier alpha value is -2.41. The van der Waals surface area contributed by atoms with Gasteiger partial charge in [0.05, 0.1) is 11.6 Å². The molecule has 2 aliphatic rings. The van der Waals surface area contributed by atoms with Gasteiger partial charge in [0.15, 0.2) is 11.2 Å². The number of benzene rings is 1. The highest BCUT2D eigenvalue weighted by molar-refractivity contribution is 6.06. The molecule has 112 valence electrons. The number of ether oxygens (including phenoxy) is 1. The van der Waals surface area contributed by atoms with Crippen LogP contribution in [0.15, 0.2) is 29.8 Å². The number of nitriles is 1. The molecular formula is C18H17NO3. The van der Waals surface area contributed by atoms with Crippen LogP contribution in [-0.4, -0.2) is 18.2 Å². The lowest BCUT2D eigenvalue weighted by Crippen LogP contribution is -2.54. The maximum absolute atomic E-state index is 13.1. The lowest BCUT2D eigenvalue weighted by molar-refractivity contribution is -0.109. The number of rotatable bonds is 2. The Labute approximate surface area is 129 Å². The average molecular weight is 295 g/mol. The number of aryl methyl sites for hydroxylation is 1. The first kappa shape index (κ1) is 14.5. The molecule has 4 nitrogen and oxygen atoms in total. The van der Waals surface area contributed by atoms with Crippen LogP contribution in [0.3, 0.4) is 0 Å². The smallest absolute Gasteiger partial charge is 0.191 e. The van der Waals surface area contributed by atoms with E-state index in [0.29, 0.717) is 17.7 Å². The van der Waals surface area contributed by atoms with Crippen molar-refractivity contribution in [3.63, 3.8) is 0 Å². The van der Waals surface area contributed by atoms with E-state index in [1.165, 1.54) is 0 Å². The number of carbonyl (C=O) groups is 2. The van der Waals surface area contributed by atoms with Gasteiger partial charge < -0.3 is 9.53 Å². The summed E-state index contributed by atoms with van der Waals surface area (Å²) in [5.41, 5.74) is 1.13. The molecule has 0 amide bonds. The normalized spacial score (nSPS) is 29.5. The zero-order chi connectivity index (χ0) is 15.9. The lowest BCUT2D eigenvalue weighted by Gasteiger charge is -2.44. The summed E-state index contributed by atoms with van der Waals surface area (Å²) < 4.78 is 6.00. The zero-order valence-corrected chi connectivity index (χ0v) is 12.6. The minimum absolute atomic E-state index is 0.150. The van der Waals surface area contributed by atoms with Gasteiger partial charge in [0.25, 0.3) is 0 Å². The second-order valence-corrected chi connectivity index (χ2v) is 6.14. The first-order valence-electron chi connectivity index (χ1n) is 7.37. The third-order valence-electron chi connectivity index (χ3n) is 4.65. The van der Waals surface area contributed by atoms with Crippen LogP contribution >= 0.6 is 0 Å². The Kier molecular flexibility index (Phi) is 3.37. The number of allylic oxidation sites excluding steroid dienone is 1. The number of carbonyl (C=O) groups excluding carboxylic acids is 2. The minimum atomic E-state index is -1.30. The van der Waals surface area contributed by atoms with E-state index in [1.807, 2.05) is 26.0 Å². The number of hydrogen-bond donors (Lipinski definition) is 0. The summed E-state index contributed by atoms with van der Waals surface area (Å²) in [6.45, 7) is 3.84. The van der Waals surface area contributed by atoms with Gasteiger partial charge in [-0.05, 0) is 26.0 Å². The van der Waals surface area contributed by atoms with Crippen molar-refractivity contribution in [1.29, 1.82) is 5.26 Å². The summed E-state index contributed by atoms with van der Waals surface area (Å²) in [5.74, 6) is -0.124. The number of nitrogens with zero attached hydrogens (tertiary/aromatic N) is 1. The average Bonchev–Trinajstić information content (AvgIpc) is 2.48. The monoisotopic (exact) mass is 295 g/mol. The van der Waals surface area contributed by atoms with Crippen LogP contribution < -0.4 is 4.74 Å². The molecule has 0 unspecified atom stereocenters. The molecule has 0 fully saturated rings. The molecule has 3 rings (SSSR count). The molecule has 0 N–H and O–H groups in total. The molecule has 4 heteroatoms. The summed E-state index contributed by atoms with van der Waals surface area (Å²) in [6, 6.07) is 7.64. The largest absolute Gasteiger partial charge is 0.487 e. The van der Waals surface area contributed by atoms with Crippen molar-refractivity contribution in [2.24, 2.45) is 11.3 Å². The fraction of sp³-hybridized carbons (Fsp3) is 0.389. The van der Waals surface area contributed by atoms with Gasteiger partial charge in [-0.2, -0.15) is 5.26 Å². The molecule has 1 aliphatic carbocycles. The second-order valence-electron chi connectivity index (χ2n) is 6.14. The SMILES string of the molecule is CC1=C[C@H](CC=O)[C@@]2(C#N)C(=O)c3cc(C)ccc3O[C@H]2C1. The van der Waals surface area contributed by atoms with Crippen LogP contribution in [0.1, 0.15) is 35.7 Å². The molecule has 0 saturated heterocycles. The molecule has 1 aromatic rings.